The number of aromatic nitrogens is 1. The molecule has 2 aromatic rings. The summed E-state index contributed by atoms with van der Waals surface area (Å²) in [6.07, 6.45) is 0. The van der Waals surface area contributed by atoms with Gasteiger partial charge in [-0.15, -0.1) is 0 Å². The number of sulfonamides is 1. The number of anilines is 1. The maximum absolute atomic E-state index is 13.5. The Morgan fingerprint density at radius 1 is 1.33 bits per heavy atom. The quantitative estimate of drug-likeness (QED) is 0.575. The van der Waals surface area contributed by atoms with E-state index >= 15 is 0 Å². The number of amides is 1. The summed E-state index contributed by atoms with van der Waals surface area (Å²) < 4.78 is 45.2. The minimum atomic E-state index is -3.89. The number of benzene rings is 1. The molecular weight excluding hydrogens is 451 g/mol. The molecule has 1 aliphatic rings. The van der Waals surface area contributed by atoms with E-state index in [9.17, 15) is 27.7 Å². The van der Waals surface area contributed by atoms with Crippen LogP contribution in [0.5, 0.6) is 0 Å². The standard InChI is InChI=1S/C22H23FN4O5S/c1-3-32-22(29)18-8-16(10-24)20(25-19(18)9-23)27-11-17(12-27)21(28)26-33(30,31)13-15-6-4-5-14(2)7-15/h4-8,17H,3,9,11-13H2,1-2H3,(H,26,28). The molecule has 1 saturated heterocycles. The molecule has 1 aromatic heterocycles. The van der Waals surface area contributed by atoms with Gasteiger partial charge in [0.05, 0.1) is 35.1 Å². The molecule has 0 aliphatic carbocycles. The van der Waals surface area contributed by atoms with Crippen LogP contribution in [0.1, 0.15) is 39.7 Å². The highest BCUT2D eigenvalue weighted by Crippen LogP contribution is 2.29. The number of esters is 1. The lowest BCUT2D eigenvalue weighted by atomic mass is 9.98. The van der Waals surface area contributed by atoms with Gasteiger partial charge in [-0.25, -0.2) is 22.6 Å². The number of aryl methyl sites for hydroxylation is 1. The lowest BCUT2D eigenvalue weighted by Crippen LogP contribution is -2.55. The van der Waals surface area contributed by atoms with E-state index in [0.717, 1.165) is 5.56 Å². The van der Waals surface area contributed by atoms with E-state index in [4.69, 9.17) is 4.74 Å². The van der Waals surface area contributed by atoms with Gasteiger partial charge in [0, 0.05) is 13.1 Å². The number of halogens is 1. The first-order chi connectivity index (χ1) is 15.7. The van der Waals surface area contributed by atoms with Crippen LogP contribution in [0.15, 0.2) is 30.3 Å². The highest BCUT2D eigenvalue weighted by molar-refractivity contribution is 7.89. The van der Waals surface area contributed by atoms with Gasteiger partial charge >= 0.3 is 5.97 Å². The third kappa shape index (κ3) is 5.64. The smallest absolute Gasteiger partial charge is 0.340 e. The summed E-state index contributed by atoms with van der Waals surface area (Å²) in [5, 5.41) is 9.45. The van der Waals surface area contributed by atoms with Crippen molar-refractivity contribution >= 4 is 27.7 Å². The number of ether oxygens (including phenoxy) is 1. The summed E-state index contributed by atoms with van der Waals surface area (Å²) in [6, 6.07) is 10.1. The van der Waals surface area contributed by atoms with Gasteiger partial charge in [0.1, 0.15) is 18.6 Å². The van der Waals surface area contributed by atoms with Gasteiger partial charge in [0.25, 0.3) is 0 Å². The molecule has 174 valence electrons. The first kappa shape index (κ1) is 24.1. The largest absolute Gasteiger partial charge is 0.462 e. The molecule has 0 unspecified atom stereocenters. The molecule has 1 amide bonds. The number of nitrogens with zero attached hydrogens (tertiary/aromatic N) is 3. The summed E-state index contributed by atoms with van der Waals surface area (Å²) in [5.41, 5.74) is 1.20. The van der Waals surface area contributed by atoms with Gasteiger partial charge in [-0.1, -0.05) is 29.8 Å². The summed E-state index contributed by atoms with van der Waals surface area (Å²) in [5.74, 6) is -2.28. The maximum atomic E-state index is 13.5. The minimum absolute atomic E-state index is 0.0289. The number of rotatable bonds is 8. The topological polar surface area (TPSA) is 129 Å². The molecule has 0 atom stereocenters. The van der Waals surface area contributed by atoms with Gasteiger partial charge in [-0.3, -0.25) is 9.52 Å². The highest BCUT2D eigenvalue weighted by atomic mass is 32.2. The van der Waals surface area contributed by atoms with Crippen LogP contribution >= 0.6 is 0 Å². The molecule has 0 spiro atoms. The molecule has 0 radical (unpaired) electrons. The molecular formula is C22H23FN4O5S. The number of alkyl halides is 1. The van der Waals surface area contributed by atoms with E-state index in [1.54, 1.807) is 30.0 Å². The number of nitrogens with one attached hydrogen (secondary N) is 1. The zero-order valence-corrected chi connectivity index (χ0v) is 19.0. The molecule has 3 rings (SSSR count). The van der Waals surface area contributed by atoms with Crippen molar-refractivity contribution in [2.24, 2.45) is 5.92 Å². The molecule has 2 heterocycles. The van der Waals surface area contributed by atoms with E-state index in [-0.39, 0.29) is 48.1 Å². The second-order valence-electron chi connectivity index (χ2n) is 7.64. The van der Waals surface area contributed by atoms with Gasteiger partial charge in [-0.2, -0.15) is 5.26 Å². The van der Waals surface area contributed by atoms with Gasteiger partial charge in [0.15, 0.2) is 0 Å². The van der Waals surface area contributed by atoms with Crippen LogP contribution in [0.25, 0.3) is 0 Å². The SMILES string of the molecule is CCOC(=O)c1cc(C#N)c(N2CC(C(=O)NS(=O)(=O)Cc3cccc(C)c3)C2)nc1CF. The highest BCUT2D eigenvalue weighted by Gasteiger charge is 2.37. The van der Waals surface area contributed by atoms with E-state index in [1.807, 2.05) is 19.1 Å². The predicted molar refractivity (Wildman–Crippen MR) is 117 cm³/mol. The monoisotopic (exact) mass is 474 g/mol. The van der Waals surface area contributed by atoms with Crippen LogP contribution in [-0.2, 0) is 32.0 Å². The Balaban J connectivity index is 1.68. The molecule has 9 nitrogen and oxygen atoms in total. The Labute approximate surface area is 191 Å². The molecule has 33 heavy (non-hydrogen) atoms. The minimum Gasteiger partial charge on any atom is -0.462 e. The Bertz CT molecular complexity index is 1220. The lowest BCUT2D eigenvalue weighted by Gasteiger charge is -2.39. The van der Waals surface area contributed by atoms with Gasteiger partial charge < -0.3 is 9.64 Å². The van der Waals surface area contributed by atoms with Crippen molar-refractivity contribution in [2.45, 2.75) is 26.3 Å². The Morgan fingerprint density at radius 2 is 2.06 bits per heavy atom. The second kappa shape index (κ2) is 9.95. The number of carbonyl (C=O) groups excluding carboxylic acids is 2. The fourth-order valence-corrected chi connectivity index (χ4v) is 4.63. The van der Waals surface area contributed by atoms with Crippen LogP contribution in [-0.4, -0.2) is 45.0 Å². The summed E-state index contributed by atoms with van der Waals surface area (Å²) in [6.45, 7) is 2.68. The average Bonchev–Trinajstić information content (AvgIpc) is 2.71. The zero-order valence-electron chi connectivity index (χ0n) is 18.2. The number of hydrogen-bond donors (Lipinski definition) is 1. The normalized spacial score (nSPS) is 13.7. The fraction of sp³-hybridized carbons (Fsp3) is 0.364. The first-order valence-electron chi connectivity index (χ1n) is 10.2. The van der Waals surface area contributed by atoms with Gasteiger partial charge in [0.2, 0.25) is 15.9 Å². The molecule has 11 heteroatoms. The molecule has 0 bridgehead atoms. The van der Waals surface area contributed by atoms with Crippen molar-refractivity contribution in [2.75, 3.05) is 24.6 Å². The molecule has 1 N–H and O–H groups in total. The second-order valence-corrected chi connectivity index (χ2v) is 9.36. The van der Waals surface area contributed by atoms with Crippen LogP contribution in [0.4, 0.5) is 10.2 Å². The van der Waals surface area contributed by atoms with Crippen LogP contribution in [0.3, 0.4) is 0 Å². The predicted octanol–water partition coefficient (Wildman–Crippen LogP) is 1.99. The summed E-state index contributed by atoms with van der Waals surface area (Å²) in [7, 11) is -3.89. The number of carbonyl (C=O) groups is 2. The van der Waals surface area contributed by atoms with Crippen molar-refractivity contribution in [1.29, 1.82) is 5.26 Å². The maximum Gasteiger partial charge on any atom is 0.340 e. The van der Waals surface area contributed by atoms with E-state index < -0.39 is 34.5 Å². The molecule has 0 saturated carbocycles. The first-order valence-corrected chi connectivity index (χ1v) is 11.8. The Morgan fingerprint density at radius 3 is 2.67 bits per heavy atom. The Kier molecular flexibility index (Phi) is 7.28. The third-order valence-electron chi connectivity index (χ3n) is 5.07. The number of pyridine rings is 1. The number of nitriles is 1. The van der Waals surface area contributed by atoms with Crippen LogP contribution in [0, 0.1) is 24.2 Å². The van der Waals surface area contributed by atoms with Crippen LogP contribution in [0.2, 0.25) is 0 Å². The van der Waals surface area contributed by atoms with Crippen molar-refractivity contribution in [3.63, 3.8) is 0 Å². The van der Waals surface area contributed by atoms with Crippen molar-refractivity contribution in [1.82, 2.24) is 9.71 Å². The van der Waals surface area contributed by atoms with E-state index in [1.165, 1.54) is 6.07 Å². The van der Waals surface area contributed by atoms with Crippen molar-refractivity contribution < 1.29 is 27.1 Å². The molecule has 1 aromatic carbocycles. The lowest BCUT2D eigenvalue weighted by molar-refractivity contribution is -0.123. The number of hydrogen-bond acceptors (Lipinski definition) is 8. The van der Waals surface area contributed by atoms with Crippen LogP contribution < -0.4 is 9.62 Å². The molecule has 1 aliphatic heterocycles. The Hall–Kier alpha value is -3.52. The average molecular weight is 475 g/mol. The van der Waals surface area contributed by atoms with E-state index in [2.05, 4.69) is 9.71 Å². The van der Waals surface area contributed by atoms with Crippen molar-refractivity contribution in [3.8, 4) is 6.07 Å². The molecule has 1 fully saturated rings. The zero-order chi connectivity index (χ0) is 24.2. The van der Waals surface area contributed by atoms with E-state index in [0.29, 0.717) is 5.56 Å². The van der Waals surface area contributed by atoms with Crippen molar-refractivity contribution in [3.05, 3.63) is 58.3 Å². The fourth-order valence-electron chi connectivity index (χ4n) is 3.46. The summed E-state index contributed by atoms with van der Waals surface area (Å²) in [4.78, 5) is 30.1. The van der Waals surface area contributed by atoms with Gasteiger partial charge in [-0.05, 0) is 25.5 Å². The summed E-state index contributed by atoms with van der Waals surface area (Å²) >= 11 is 0. The third-order valence-corrected chi connectivity index (χ3v) is 6.30.